The third kappa shape index (κ3) is 4.39. The Morgan fingerprint density at radius 3 is 2.58 bits per heavy atom. The number of ether oxygens (including phenoxy) is 1. The number of methoxy groups -OCH3 is 1. The molecule has 0 aliphatic carbocycles. The largest absolute Gasteiger partial charge is 0.497 e. The predicted molar refractivity (Wildman–Crippen MR) is 124 cm³/mol. The number of anilines is 1. The second-order valence-electron chi connectivity index (χ2n) is 7.40. The van der Waals surface area contributed by atoms with Crippen molar-refractivity contribution in [2.24, 2.45) is 0 Å². The molecule has 0 radical (unpaired) electrons. The minimum atomic E-state index is -0.0525. The maximum atomic E-state index is 12.6. The summed E-state index contributed by atoms with van der Waals surface area (Å²) in [6, 6.07) is 17.6. The molecule has 2 aromatic heterocycles. The van der Waals surface area contributed by atoms with E-state index in [2.05, 4.69) is 10.4 Å². The number of benzene rings is 2. The zero-order valence-electron chi connectivity index (χ0n) is 18.0. The highest BCUT2D eigenvalue weighted by Gasteiger charge is 2.19. The number of nitrogens with zero attached hydrogens (tertiary/aromatic N) is 4. The fourth-order valence-corrected chi connectivity index (χ4v) is 4.33. The summed E-state index contributed by atoms with van der Waals surface area (Å²) in [5.41, 5.74) is 3.68. The van der Waals surface area contributed by atoms with Gasteiger partial charge in [0.1, 0.15) is 5.75 Å². The molecule has 0 bridgehead atoms. The Bertz CT molecular complexity index is 1180. The third-order valence-corrected chi connectivity index (χ3v) is 6.35. The van der Waals surface area contributed by atoms with Crippen LogP contribution in [0.2, 0.25) is 0 Å². The lowest BCUT2D eigenvalue weighted by Crippen LogP contribution is -2.36. The molecular formula is C23H25N5O2S. The van der Waals surface area contributed by atoms with Gasteiger partial charge < -0.3 is 15.0 Å². The number of hydrogen-bond acceptors (Lipinski definition) is 6. The van der Waals surface area contributed by atoms with Gasteiger partial charge in [-0.3, -0.25) is 4.79 Å². The first kappa shape index (κ1) is 20.9. The number of aryl methyl sites for hydroxylation is 1. The minimum absolute atomic E-state index is 0.0494. The van der Waals surface area contributed by atoms with E-state index in [0.717, 1.165) is 38.2 Å². The smallest absolute Gasteiger partial charge is 0.240 e. The molecule has 2 aromatic carbocycles. The summed E-state index contributed by atoms with van der Waals surface area (Å²) >= 11 is 1.54. The van der Waals surface area contributed by atoms with Crippen molar-refractivity contribution in [3.8, 4) is 11.4 Å². The molecule has 0 saturated heterocycles. The van der Waals surface area contributed by atoms with Crippen molar-refractivity contribution in [3.05, 3.63) is 65.9 Å². The van der Waals surface area contributed by atoms with Crippen LogP contribution in [0.1, 0.15) is 24.2 Å². The van der Waals surface area contributed by atoms with E-state index in [1.54, 1.807) is 7.11 Å². The first-order valence-corrected chi connectivity index (χ1v) is 10.8. The Morgan fingerprint density at radius 2 is 1.90 bits per heavy atom. The first-order valence-electron chi connectivity index (χ1n) is 10.0. The molecule has 0 spiro atoms. The monoisotopic (exact) mass is 435 g/mol. The van der Waals surface area contributed by atoms with Crippen LogP contribution >= 0.6 is 11.3 Å². The maximum absolute atomic E-state index is 12.6. The molecule has 1 unspecified atom stereocenters. The zero-order valence-corrected chi connectivity index (χ0v) is 18.8. The summed E-state index contributed by atoms with van der Waals surface area (Å²) in [5.74, 6) is 0.741. The summed E-state index contributed by atoms with van der Waals surface area (Å²) in [6.07, 6.45) is 0. The molecular weight excluding hydrogens is 410 g/mol. The number of carbonyl (C=O) groups is 1. The average molecular weight is 436 g/mol. The van der Waals surface area contributed by atoms with E-state index < -0.39 is 0 Å². The van der Waals surface area contributed by atoms with Crippen molar-refractivity contribution in [2.45, 2.75) is 19.9 Å². The van der Waals surface area contributed by atoms with Gasteiger partial charge in [0.25, 0.3) is 0 Å². The van der Waals surface area contributed by atoms with E-state index >= 15 is 0 Å². The minimum Gasteiger partial charge on any atom is -0.497 e. The zero-order chi connectivity index (χ0) is 22.0. The van der Waals surface area contributed by atoms with Crippen LogP contribution in [0.15, 0.2) is 54.6 Å². The van der Waals surface area contributed by atoms with E-state index in [1.165, 1.54) is 11.3 Å². The van der Waals surface area contributed by atoms with Crippen LogP contribution < -0.4 is 15.0 Å². The quantitative estimate of drug-likeness (QED) is 0.473. The molecule has 2 heterocycles. The van der Waals surface area contributed by atoms with E-state index in [1.807, 2.05) is 85.1 Å². The molecule has 7 nitrogen and oxygen atoms in total. The lowest BCUT2D eigenvalue weighted by molar-refractivity contribution is -0.120. The molecule has 160 valence electrons. The Morgan fingerprint density at radius 1 is 1.19 bits per heavy atom. The maximum Gasteiger partial charge on any atom is 0.240 e. The highest BCUT2D eigenvalue weighted by molar-refractivity contribution is 7.22. The number of amides is 1. The second kappa shape index (κ2) is 8.77. The van der Waals surface area contributed by atoms with E-state index in [9.17, 15) is 4.79 Å². The molecule has 4 aromatic rings. The Kier molecular flexibility index (Phi) is 5.90. The fourth-order valence-electron chi connectivity index (χ4n) is 3.39. The van der Waals surface area contributed by atoms with Crippen molar-refractivity contribution in [1.29, 1.82) is 0 Å². The van der Waals surface area contributed by atoms with Gasteiger partial charge in [-0.1, -0.05) is 41.7 Å². The molecule has 1 N–H and O–H groups in total. The summed E-state index contributed by atoms with van der Waals surface area (Å²) in [4.78, 5) is 19.2. The van der Waals surface area contributed by atoms with Gasteiger partial charge >= 0.3 is 0 Å². The number of thiazole rings is 1. The van der Waals surface area contributed by atoms with Crippen LogP contribution in [0.4, 0.5) is 5.13 Å². The first-order chi connectivity index (χ1) is 15.0. The van der Waals surface area contributed by atoms with Gasteiger partial charge in [0.15, 0.2) is 10.8 Å². The lowest BCUT2D eigenvalue weighted by atomic mass is 10.1. The van der Waals surface area contributed by atoms with Gasteiger partial charge in [0, 0.05) is 7.05 Å². The Labute approximate surface area is 185 Å². The van der Waals surface area contributed by atoms with Gasteiger partial charge in [-0.15, -0.1) is 0 Å². The van der Waals surface area contributed by atoms with Crippen LogP contribution in [-0.2, 0) is 4.79 Å². The molecule has 0 aliphatic rings. The summed E-state index contributed by atoms with van der Waals surface area (Å²) < 4.78 is 8.08. The molecule has 0 fully saturated rings. The molecule has 1 amide bonds. The van der Waals surface area contributed by atoms with E-state index in [-0.39, 0.29) is 18.5 Å². The van der Waals surface area contributed by atoms with E-state index in [0.29, 0.717) is 0 Å². The van der Waals surface area contributed by atoms with Gasteiger partial charge in [-0.05, 0) is 43.7 Å². The number of hydrogen-bond donors (Lipinski definition) is 1. The molecule has 0 aliphatic heterocycles. The Balaban J connectivity index is 1.50. The molecule has 31 heavy (non-hydrogen) atoms. The van der Waals surface area contributed by atoms with Crippen molar-refractivity contribution >= 4 is 32.7 Å². The SMILES string of the molecule is COc1ccc(-n2nc(C)c3sc(N(C)CC(=O)NC(C)c4ccccc4)nc32)cc1. The fraction of sp³-hybridized carbons (Fsp3) is 0.261. The number of carbonyl (C=O) groups excluding carboxylic acids is 1. The van der Waals surface area contributed by atoms with E-state index in [4.69, 9.17) is 9.72 Å². The predicted octanol–water partition coefficient (Wildman–Crippen LogP) is 4.11. The van der Waals surface area contributed by atoms with Gasteiger partial charge in [0.05, 0.1) is 35.8 Å². The van der Waals surface area contributed by atoms with Crippen molar-refractivity contribution < 1.29 is 9.53 Å². The summed E-state index contributed by atoms with van der Waals surface area (Å²) in [6.45, 7) is 4.18. The highest BCUT2D eigenvalue weighted by atomic mass is 32.1. The number of nitrogens with one attached hydrogen (secondary N) is 1. The number of aromatic nitrogens is 3. The van der Waals surface area contributed by atoms with Crippen LogP contribution in [0.5, 0.6) is 5.75 Å². The normalized spacial score (nSPS) is 12.0. The number of fused-ring (bicyclic) bond motifs is 1. The van der Waals surface area contributed by atoms with Gasteiger partial charge in [-0.25, -0.2) is 4.68 Å². The average Bonchev–Trinajstić information content (AvgIpc) is 3.35. The molecule has 0 saturated carbocycles. The molecule has 1 atom stereocenters. The molecule has 4 rings (SSSR count). The van der Waals surface area contributed by atoms with Crippen LogP contribution in [0.3, 0.4) is 0 Å². The van der Waals surface area contributed by atoms with Gasteiger partial charge in [0.2, 0.25) is 5.91 Å². The van der Waals surface area contributed by atoms with Crippen LogP contribution in [0.25, 0.3) is 16.0 Å². The third-order valence-electron chi connectivity index (χ3n) is 5.08. The van der Waals surface area contributed by atoms with Crippen LogP contribution in [0, 0.1) is 6.92 Å². The summed E-state index contributed by atoms with van der Waals surface area (Å²) in [5, 5.41) is 8.46. The van der Waals surface area contributed by atoms with Gasteiger partial charge in [-0.2, -0.15) is 10.1 Å². The number of likely N-dealkylation sites (N-methyl/N-ethyl adjacent to an activating group) is 1. The van der Waals surface area contributed by atoms with Crippen molar-refractivity contribution in [1.82, 2.24) is 20.1 Å². The lowest BCUT2D eigenvalue weighted by Gasteiger charge is -2.18. The number of rotatable bonds is 7. The standard InChI is InChI=1S/C23H25N5O2S/c1-15(17-8-6-5-7-9-17)24-20(29)14-27(3)23-25-22-21(31-23)16(2)26-28(22)18-10-12-19(30-4)13-11-18/h5-13,15H,14H2,1-4H3,(H,24,29). The highest BCUT2D eigenvalue weighted by Crippen LogP contribution is 2.32. The topological polar surface area (TPSA) is 72.3 Å². The molecule has 8 heteroatoms. The van der Waals surface area contributed by atoms with Crippen molar-refractivity contribution in [2.75, 3.05) is 25.6 Å². The Hall–Kier alpha value is -3.39. The second-order valence-corrected chi connectivity index (χ2v) is 8.38. The van der Waals surface area contributed by atoms with Crippen molar-refractivity contribution in [3.63, 3.8) is 0 Å². The summed E-state index contributed by atoms with van der Waals surface area (Å²) in [7, 11) is 3.52. The van der Waals surface area contributed by atoms with Crippen LogP contribution in [-0.4, -0.2) is 41.4 Å².